The van der Waals surface area contributed by atoms with E-state index in [1.807, 2.05) is 18.2 Å². The third-order valence-corrected chi connectivity index (χ3v) is 2.64. The van der Waals surface area contributed by atoms with Gasteiger partial charge in [-0.2, -0.15) is 0 Å². The number of fused-ring (bicyclic) bond motifs is 1. The first kappa shape index (κ1) is 8.79. The molecule has 4 nitrogen and oxygen atoms in total. The van der Waals surface area contributed by atoms with Gasteiger partial charge in [-0.15, -0.1) is 0 Å². The molecule has 0 aliphatic heterocycles. The first-order valence-corrected chi connectivity index (χ1v) is 5.12. The van der Waals surface area contributed by atoms with Crippen molar-refractivity contribution in [2.24, 2.45) is 0 Å². The molecule has 0 atom stereocenters. The summed E-state index contributed by atoms with van der Waals surface area (Å²) >= 11 is 0. The molecule has 0 saturated heterocycles. The van der Waals surface area contributed by atoms with Crippen LogP contribution in [0.2, 0.25) is 0 Å². The molecule has 2 N–H and O–H groups in total. The fourth-order valence-corrected chi connectivity index (χ4v) is 1.61. The largest absolute Gasteiger partial charge is 0.449 e. The van der Waals surface area contributed by atoms with Gasteiger partial charge in [0, 0.05) is 6.04 Å². The lowest BCUT2D eigenvalue weighted by Gasteiger charge is -1.99. The highest BCUT2D eigenvalue weighted by atomic mass is 16.5. The monoisotopic (exact) mass is 202 g/mol. The van der Waals surface area contributed by atoms with Crippen LogP contribution in [0, 0.1) is 0 Å². The van der Waals surface area contributed by atoms with Crippen LogP contribution in [0.15, 0.2) is 22.7 Å². The Morgan fingerprint density at radius 2 is 2.33 bits per heavy atom. The Bertz CT molecular complexity index is 493. The lowest BCUT2D eigenvalue weighted by atomic mass is 9.88. The van der Waals surface area contributed by atoms with Crippen molar-refractivity contribution in [3.8, 4) is 0 Å². The molecule has 0 spiro atoms. The molecule has 1 saturated carbocycles. The number of hydrogen-bond donors (Lipinski definition) is 2. The van der Waals surface area contributed by atoms with E-state index in [4.69, 9.17) is 9.55 Å². The molecule has 0 amide bonds. The first-order chi connectivity index (χ1) is 7.36. The minimum Gasteiger partial charge on any atom is -0.449 e. The van der Waals surface area contributed by atoms with Gasteiger partial charge in [-0.1, -0.05) is 22.8 Å². The van der Waals surface area contributed by atoms with Gasteiger partial charge in [-0.05, 0) is 18.9 Å². The predicted octanol–water partition coefficient (Wildman–Crippen LogP) is 0.371. The van der Waals surface area contributed by atoms with Crippen LogP contribution in [0.25, 0.3) is 11.0 Å². The van der Waals surface area contributed by atoms with E-state index in [9.17, 15) is 0 Å². The minimum absolute atomic E-state index is 0.0456. The summed E-state index contributed by atoms with van der Waals surface area (Å²) in [5.41, 5.74) is 1.64. The van der Waals surface area contributed by atoms with Crippen LogP contribution in [0.4, 0.5) is 5.82 Å². The Hall–Kier alpha value is -1.49. The summed E-state index contributed by atoms with van der Waals surface area (Å²) in [6.45, 7) is 0. The highest BCUT2D eigenvalue weighted by Crippen LogP contribution is 2.28. The lowest BCUT2D eigenvalue weighted by molar-refractivity contribution is 0.459. The maximum absolute atomic E-state index is 9.05. The Morgan fingerprint density at radius 3 is 3.07 bits per heavy atom. The fourth-order valence-electron chi connectivity index (χ4n) is 1.61. The Morgan fingerprint density at radius 1 is 1.47 bits per heavy atom. The second-order valence-electron chi connectivity index (χ2n) is 3.94. The van der Waals surface area contributed by atoms with Crippen LogP contribution in [-0.2, 0) is 0 Å². The van der Waals surface area contributed by atoms with Gasteiger partial charge in [0.05, 0.1) is 5.39 Å². The topological polar surface area (TPSA) is 58.3 Å². The van der Waals surface area contributed by atoms with Crippen molar-refractivity contribution in [3.63, 3.8) is 0 Å². The molecule has 15 heavy (non-hydrogen) atoms. The number of aromatic nitrogens is 1. The maximum Gasteiger partial charge on any atom is 0.304 e. The van der Waals surface area contributed by atoms with Gasteiger partial charge in [-0.3, -0.25) is 0 Å². The molecule has 1 aromatic carbocycles. The maximum atomic E-state index is 9.05. The van der Waals surface area contributed by atoms with Crippen LogP contribution in [0.5, 0.6) is 0 Å². The number of benzene rings is 1. The molecule has 1 aromatic heterocycles. The number of anilines is 1. The van der Waals surface area contributed by atoms with Crippen LogP contribution in [0.3, 0.4) is 0 Å². The second kappa shape index (κ2) is 3.27. The summed E-state index contributed by atoms with van der Waals surface area (Å²) in [4.78, 5) is 0. The Labute approximate surface area is 87.5 Å². The molecule has 1 aliphatic carbocycles. The van der Waals surface area contributed by atoms with Crippen molar-refractivity contribution < 1.29 is 9.55 Å². The third kappa shape index (κ3) is 1.59. The molecule has 1 aliphatic rings. The molecular weight excluding hydrogens is 191 g/mol. The Kier molecular flexibility index (Phi) is 1.92. The fraction of sp³-hybridized carbons (Fsp3) is 0.300. The van der Waals surface area contributed by atoms with Crippen molar-refractivity contribution >= 4 is 29.7 Å². The summed E-state index contributed by atoms with van der Waals surface area (Å²) in [5.74, 6) is 0.794. The average Bonchev–Trinajstić information content (AvgIpc) is 3.00. The summed E-state index contributed by atoms with van der Waals surface area (Å²) in [6.07, 6.45) is 2.40. The van der Waals surface area contributed by atoms with E-state index in [2.05, 4.69) is 10.5 Å². The average molecular weight is 202 g/mol. The van der Waals surface area contributed by atoms with Gasteiger partial charge in [0.15, 0.2) is 11.4 Å². The van der Waals surface area contributed by atoms with Crippen LogP contribution in [-0.4, -0.2) is 23.7 Å². The van der Waals surface area contributed by atoms with E-state index in [1.165, 1.54) is 12.8 Å². The zero-order valence-corrected chi connectivity index (χ0v) is 8.23. The quantitative estimate of drug-likeness (QED) is 0.706. The van der Waals surface area contributed by atoms with Crippen molar-refractivity contribution in [1.29, 1.82) is 0 Å². The minimum atomic E-state index is 0.0456. The molecule has 0 radical (unpaired) electrons. The van der Waals surface area contributed by atoms with Crippen molar-refractivity contribution in [3.05, 3.63) is 18.2 Å². The molecule has 3 rings (SSSR count). The highest BCUT2D eigenvalue weighted by molar-refractivity contribution is 6.46. The molecule has 1 heterocycles. The van der Waals surface area contributed by atoms with Gasteiger partial charge in [0.1, 0.15) is 0 Å². The van der Waals surface area contributed by atoms with E-state index in [0.717, 1.165) is 22.2 Å². The number of rotatable bonds is 3. The molecule has 76 valence electrons. The summed E-state index contributed by atoms with van der Waals surface area (Å²) in [7, 11) is 0.0456. The van der Waals surface area contributed by atoms with Gasteiger partial charge in [0.2, 0.25) is 0 Å². The molecule has 2 aromatic rings. The molecule has 1 fully saturated rings. The smallest absolute Gasteiger partial charge is 0.304 e. The molecule has 0 unspecified atom stereocenters. The zero-order valence-electron chi connectivity index (χ0n) is 8.23. The molecule has 5 heteroatoms. The second-order valence-corrected chi connectivity index (χ2v) is 3.94. The van der Waals surface area contributed by atoms with Gasteiger partial charge in [0.25, 0.3) is 0 Å². The number of hydrogen-bond acceptors (Lipinski definition) is 4. The van der Waals surface area contributed by atoms with Crippen LogP contribution in [0.1, 0.15) is 12.8 Å². The Balaban J connectivity index is 2.04. The van der Waals surface area contributed by atoms with E-state index < -0.39 is 0 Å². The highest BCUT2D eigenvalue weighted by Gasteiger charge is 2.23. The van der Waals surface area contributed by atoms with Crippen molar-refractivity contribution in [1.82, 2.24) is 5.16 Å². The van der Waals surface area contributed by atoms with E-state index in [-0.39, 0.29) is 7.48 Å². The zero-order chi connectivity index (χ0) is 10.3. The van der Waals surface area contributed by atoms with E-state index in [1.54, 1.807) is 0 Å². The predicted molar refractivity (Wildman–Crippen MR) is 59.7 cm³/mol. The molecular formula is C10H11BN2O2. The third-order valence-electron chi connectivity index (χ3n) is 2.64. The number of nitrogens with zero attached hydrogens (tertiary/aromatic N) is 1. The SMILES string of the molecule is OBc1ccc2onc(NC3CC3)c2c1. The summed E-state index contributed by atoms with van der Waals surface area (Å²) in [5, 5.41) is 17.3. The van der Waals surface area contributed by atoms with Crippen molar-refractivity contribution in [2.75, 3.05) is 5.32 Å². The standard InChI is InChI=1S/C10H11BN2O2/c14-11-6-1-4-9-8(5-6)10(13-15-9)12-7-2-3-7/h1,4-5,7,11,14H,2-3H2,(H,12,13). The first-order valence-electron chi connectivity index (χ1n) is 5.12. The normalized spacial score (nSPS) is 15.5. The van der Waals surface area contributed by atoms with Crippen LogP contribution >= 0.6 is 0 Å². The summed E-state index contributed by atoms with van der Waals surface area (Å²) in [6, 6.07) is 6.15. The summed E-state index contributed by atoms with van der Waals surface area (Å²) < 4.78 is 5.18. The molecule has 0 bridgehead atoms. The van der Waals surface area contributed by atoms with Crippen molar-refractivity contribution in [2.45, 2.75) is 18.9 Å². The van der Waals surface area contributed by atoms with Gasteiger partial charge < -0.3 is 14.9 Å². The lowest BCUT2D eigenvalue weighted by Crippen LogP contribution is -2.12. The van der Waals surface area contributed by atoms with E-state index >= 15 is 0 Å². The van der Waals surface area contributed by atoms with Crippen LogP contribution < -0.4 is 10.8 Å². The number of nitrogens with one attached hydrogen (secondary N) is 1. The van der Waals surface area contributed by atoms with Gasteiger partial charge >= 0.3 is 7.48 Å². The van der Waals surface area contributed by atoms with Gasteiger partial charge in [-0.25, -0.2) is 0 Å². The van der Waals surface area contributed by atoms with E-state index in [0.29, 0.717) is 6.04 Å².